The largest absolute Gasteiger partial charge is 0.351 e. The molecule has 1 aliphatic rings. The lowest BCUT2D eigenvalue weighted by molar-refractivity contribution is 0.193. The van der Waals surface area contributed by atoms with Crippen LogP contribution >= 0.6 is 0 Å². The predicted octanol–water partition coefficient (Wildman–Crippen LogP) is 1.35. The van der Waals surface area contributed by atoms with E-state index in [1.165, 1.54) is 6.07 Å². The normalized spacial score (nSPS) is 14.6. The molecule has 1 N–H and O–H groups in total. The lowest BCUT2D eigenvalue weighted by atomic mass is 10.3. The number of halogens is 1. The van der Waals surface area contributed by atoms with Crippen molar-refractivity contribution < 1.29 is 9.18 Å². The smallest absolute Gasteiger partial charge is 0.317 e. The number of anilines is 1. The van der Waals surface area contributed by atoms with E-state index in [9.17, 15) is 9.18 Å². The molecule has 0 radical (unpaired) electrons. The van der Waals surface area contributed by atoms with Gasteiger partial charge in [0.25, 0.3) is 0 Å². The maximum absolute atomic E-state index is 13.8. The van der Waals surface area contributed by atoms with E-state index in [0.29, 0.717) is 44.4 Å². The quantitative estimate of drug-likeness (QED) is 0.919. The van der Waals surface area contributed by atoms with Crippen LogP contribution in [0, 0.1) is 12.7 Å². The Labute approximate surface area is 139 Å². The molecule has 24 heavy (non-hydrogen) atoms. The molecule has 7 nitrogen and oxygen atoms in total. The number of piperazine rings is 1. The molecule has 1 aliphatic heterocycles. The van der Waals surface area contributed by atoms with Crippen molar-refractivity contribution in [2.75, 3.05) is 31.1 Å². The van der Waals surface area contributed by atoms with Gasteiger partial charge in [-0.05, 0) is 25.1 Å². The van der Waals surface area contributed by atoms with Crippen LogP contribution < -0.4 is 10.2 Å². The molecule has 3 rings (SSSR count). The molecule has 2 aromatic rings. The molecule has 0 unspecified atom stereocenters. The number of amides is 2. The standard InChI is InChI=1S/C16H19FN6O/c1-12-18-6-4-13(21-12)11-20-16(24)23-9-7-22(8-10-23)15-14(17)3-2-5-19-15/h2-6H,7-11H2,1H3,(H,20,24). The van der Waals surface area contributed by atoms with Gasteiger partial charge in [0.15, 0.2) is 11.6 Å². The van der Waals surface area contributed by atoms with E-state index in [4.69, 9.17) is 0 Å². The Morgan fingerprint density at radius 3 is 2.71 bits per heavy atom. The highest BCUT2D eigenvalue weighted by Gasteiger charge is 2.23. The van der Waals surface area contributed by atoms with Crippen molar-refractivity contribution in [3.05, 3.63) is 47.9 Å². The van der Waals surface area contributed by atoms with E-state index in [1.54, 1.807) is 36.4 Å². The van der Waals surface area contributed by atoms with Crippen LogP contribution in [0.5, 0.6) is 0 Å². The van der Waals surface area contributed by atoms with E-state index >= 15 is 0 Å². The van der Waals surface area contributed by atoms with Gasteiger partial charge < -0.3 is 15.1 Å². The lowest BCUT2D eigenvalue weighted by Crippen LogP contribution is -2.52. The number of urea groups is 1. The van der Waals surface area contributed by atoms with Crippen molar-refractivity contribution in [1.29, 1.82) is 0 Å². The van der Waals surface area contributed by atoms with Crippen molar-refractivity contribution in [2.24, 2.45) is 0 Å². The molecule has 0 aliphatic carbocycles. The van der Waals surface area contributed by atoms with Gasteiger partial charge in [0, 0.05) is 38.6 Å². The van der Waals surface area contributed by atoms with Crippen molar-refractivity contribution >= 4 is 11.8 Å². The maximum atomic E-state index is 13.8. The van der Waals surface area contributed by atoms with Gasteiger partial charge in [-0.3, -0.25) is 0 Å². The number of hydrogen-bond donors (Lipinski definition) is 1. The predicted molar refractivity (Wildman–Crippen MR) is 87.0 cm³/mol. The highest BCUT2D eigenvalue weighted by Crippen LogP contribution is 2.17. The Bertz CT molecular complexity index is 717. The molecule has 2 amide bonds. The number of pyridine rings is 1. The van der Waals surface area contributed by atoms with E-state index in [0.717, 1.165) is 5.69 Å². The number of rotatable bonds is 3. The van der Waals surface area contributed by atoms with Gasteiger partial charge >= 0.3 is 6.03 Å². The number of aromatic nitrogens is 3. The van der Waals surface area contributed by atoms with Crippen molar-refractivity contribution in [2.45, 2.75) is 13.5 Å². The number of nitrogens with zero attached hydrogens (tertiary/aromatic N) is 5. The molecule has 0 atom stereocenters. The van der Waals surface area contributed by atoms with E-state index in [1.807, 2.05) is 4.90 Å². The topological polar surface area (TPSA) is 74.2 Å². The summed E-state index contributed by atoms with van der Waals surface area (Å²) in [7, 11) is 0. The minimum absolute atomic E-state index is 0.146. The van der Waals surface area contributed by atoms with Crippen LogP contribution in [0.2, 0.25) is 0 Å². The number of carbonyl (C=O) groups excluding carboxylic acids is 1. The third kappa shape index (κ3) is 3.76. The SMILES string of the molecule is Cc1nccc(CNC(=O)N2CCN(c3ncccc3F)CC2)n1. The Balaban J connectivity index is 1.51. The lowest BCUT2D eigenvalue weighted by Gasteiger charge is -2.35. The first-order chi connectivity index (χ1) is 11.6. The first-order valence-corrected chi connectivity index (χ1v) is 7.80. The Hall–Kier alpha value is -2.77. The highest BCUT2D eigenvalue weighted by molar-refractivity contribution is 5.74. The summed E-state index contributed by atoms with van der Waals surface area (Å²) in [6.45, 7) is 4.30. The zero-order chi connectivity index (χ0) is 16.9. The Morgan fingerprint density at radius 2 is 2.00 bits per heavy atom. The zero-order valence-electron chi connectivity index (χ0n) is 13.4. The van der Waals surface area contributed by atoms with Crippen LogP contribution in [-0.2, 0) is 6.54 Å². The van der Waals surface area contributed by atoms with Gasteiger partial charge in [0.1, 0.15) is 5.82 Å². The Morgan fingerprint density at radius 1 is 1.21 bits per heavy atom. The minimum atomic E-state index is -0.338. The fraction of sp³-hybridized carbons (Fsp3) is 0.375. The number of hydrogen-bond acceptors (Lipinski definition) is 5. The van der Waals surface area contributed by atoms with Gasteiger partial charge in [0.2, 0.25) is 0 Å². The first-order valence-electron chi connectivity index (χ1n) is 7.80. The van der Waals surface area contributed by atoms with Gasteiger partial charge in [-0.15, -0.1) is 0 Å². The molecule has 2 aromatic heterocycles. The second kappa shape index (κ2) is 7.20. The van der Waals surface area contributed by atoms with Crippen LogP contribution in [0.3, 0.4) is 0 Å². The minimum Gasteiger partial charge on any atom is -0.351 e. The van der Waals surface area contributed by atoms with Gasteiger partial charge in [-0.25, -0.2) is 24.1 Å². The van der Waals surface area contributed by atoms with Gasteiger partial charge in [-0.2, -0.15) is 0 Å². The molecule has 0 aromatic carbocycles. The second-order valence-corrected chi connectivity index (χ2v) is 5.54. The van der Waals surface area contributed by atoms with E-state index in [-0.39, 0.29) is 11.8 Å². The molecule has 0 saturated carbocycles. The van der Waals surface area contributed by atoms with Crippen molar-refractivity contribution in [3.8, 4) is 0 Å². The van der Waals surface area contributed by atoms with Crippen LogP contribution in [0.1, 0.15) is 11.5 Å². The molecular weight excluding hydrogens is 311 g/mol. The number of carbonyl (C=O) groups is 1. The third-order valence-corrected chi connectivity index (χ3v) is 3.86. The summed E-state index contributed by atoms with van der Waals surface area (Å²) in [5, 5.41) is 2.85. The maximum Gasteiger partial charge on any atom is 0.317 e. The summed E-state index contributed by atoms with van der Waals surface area (Å²) in [6, 6.07) is 4.59. The van der Waals surface area contributed by atoms with Crippen LogP contribution in [0.4, 0.5) is 15.0 Å². The average molecular weight is 330 g/mol. The van der Waals surface area contributed by atoms with E-state index in [2.05, 4.69) is 20.3 Å². The zero-order valence-corrected chi connectivity index (χ0v) is 13.4. The number of aryl methyl sites for hydroxylation is 1. The van der Waals surface area contributed by atoms with E-state index < -0.39 is 0 Å². The first kappa shape index (κ1) is 16.1. The highest BCUT2D eigenvalue weighted by atomic mass is 19.1. The van der Waals surface area contributed by atoms with Crippen molar-refractivity contribution in [3.63, 3.8) is 0 Å². The fourth-order valence-electron chi connectivity index (χ4n) is 2.61. The molecule has 126 valence electrons. The summed E-state index contributed by atoms with van der Waals surface area (Å²) in [5.74, 6) is 0.677. The van der Waals surface area contributed by atoms with Crippen molar-refractivity contribution in [1.82, 2.24) is 25.2 Å². The third-order valence-electron chi connectivity index (χ3n) is 3.86. The van der Waals surface area contributed by atoms with Gasteiger partial charge in [-0.1, -0.05) is 0 Å². The van der Waals surface area contributed by atoms with Crippen LogP contribution in [0.15, 0.2) is 30.6 Å². The average Bonchev–Trinajstić information content (AvgIpc) is 2.60. The molecule has 0 spiro atoms. The molecule has 0 bridgehead atoms. The molecule has 1 fully saturated rings. The fourth-order valence-corrected chi connectivity index (χ4v) is 2.61. The summed E-state index contributed by atoms with van der Waals surface area (Å²) in [4.78, 5) is 28.1. The molecule has 3 heterocycles. The summed E-state index contributed by atoms with van der Waals surface area (Å²) >= 11 is 0. The second-order valence-electron chi connectivity index (χ2n) is 5.54. The summed E-state index contributed by atoms with van der Waals surface area (Å²) in [6.07, 6.45) is 3.24. The molecule has 8 heteroatoms. The van der Waals surface area contributed by atoms with Crippen LogP contribution in [0.25, 0.3) is 0 Å². The monoisotopic (exact) mass is 330 g/mol. The van der Waals surface area contributed by atoms with Crippen LogP contribution in [-0.4, -0.2) is 52.1 Å². The summed E-state index contributed by atoms with van der Waals surface area (Å²) < 4.78 is 13.8. The molecule has 1 saturated heterocycles. The number of nitrogens with one attached hydrogen (secondary N) is 1. The summed E-state index contributed by atoms with van der Waals surface area (Å²) in [5.41, 5.74) is 0.769. The Kier molecular flexibility index (Phi) is 4.83. The van der Waals surface area contributed by atoms with Gasteiger partial charge in [0.05, 0.1) is 12.2 Å². The molecular formula is C16H19FN6O.